The molecule has 0 saturated heterocycles. The lowest BCUT2D eigenvalue weighted by atomic mass is 10.2. The maximum absolute atomic E-state index is 6.12. The number of nitrogen functional groups attached to an aromatic ring is 1. The Hall–Kier alpha value is -2.01. The molecule has 0 aliphatic heterocycles. The molecule has 0 aliphatic rings. The van der Waals surface area contributed by atoms with Gasteiger partial charge in [-0.1, -0.05) is 22.8 Å². The lowest BCUT2D eigenvalue weighted by molar-refractivity contribution is 0.392. The van der Waals surface area contributed by atoms with Gasteiger partial charge in [0, 0.05) is 5.56 Å². The maximum atomic E-state index is 6.12. The first-order valence-corrected chi connectivity index (χ1v) is 6.27. The second-order valence-electron chi connectivity index (χ2n) is 4.47. The molecule has 0 aliphatic carbocycles. The topological polar surface area (TPSA) is 69.9 Å². The highest BCUT2D eigenvalue weighted by molar-refractivity contribution is 6.35. The van der Waals surface area contributed by atoms with Crippen LogP contribution in [-0.2, 0) is 6.54 Å². The zero-order valence-electron chi connectivity index (χ0n) is 10.6. The smallest absolute Gasteiger partial charge is 0.201 e. The summed E-state index contributed by atoms with van der Waals surface area (Å²) in [6.45, 7) is 4.37. The third-order valence-corrected chi connectivity index (χ3v) is 3.56. The first kappa shape index (κ1) is 12.0. The molecule has 1 aromatic carbocycles. The monoisotopic (exact) mass is 276 g/mol. The molecule has 3 aromatic rings. The van der Waals surface area contributed by atoms with Crippen LogP contribution in [0.2, 0.25) is 5.02 Å². The van der Waals surface area contributed by atoms with Crippen LogP contribution in [0, 0.1) is 13.8 Å². The van der Waals surface area contributed by atoms with Gasteiger partial charge in [-0.3, -0.25) is 0 Å². The number of hydrogen-bond acceptors (Lipinski definition) is 4. The summed E-state index contributed by atoms with van der Waals surface area (Å²) in [4.78, 5) is 4.31. The molecule has 0 bridgehead atoms. The Balaban J connectivity index is 2.16. The van der Waals surface area contributed by atoms with Crippen molar-refractivity contribution in [2.45, 2.75) is 20.4 Å². The number of nitrogens with zero attached hydrogens (tertiary/aromatic N) is 3. The Morgan fingerprint density at radius 1 is 1.37 bits per heavy atom. The van der Waals surface area contributed by atoms with E-state index in [1.807, 2.05) is 30.5 Å². The number of benzene rings is 1. The van der Waals surface area contributed by atoms with E-state index >= 15 is 0 Å². The van der Waals surface area contributed by atoms with Crippen molar-refractivity contribution in [3.05, 3.63) is 40.2 Å². The fourth-order valence-electron chi connectivity index (χ4n) is 2.18. The maximum Gasteiger partial charge on any atom is 0.201 e. The zero-order chi connectivity index (χ0) is 13.6. The van der Waals surface area contributed by atoms with Gasteiger partial charge in [-0.2, -0.15) is 0 Å². The second kappa shape index (κ2) is 4.28. The van der Waals surface area contributed by atoms with Crippen molar-refractivity contribution >= 4 is 28.6 Å². The molecule has 0 amide bonds. The Labute approximate surface area is 115 Å². The Bertz CT molecular complexity index is 740. The first-order chi connectivity index (χ1) is 9.08. The van der Waals surface area contributed by atoms with Crippen LogP contribution in [0.3, 0.4) is 0 Å². The fraction of sp³-hybridized carbons (Fsp3) is 0.231. The van der Waals surface area contributed by atoms with Crippen molar-refractivity contribution in [2.75, 3.05) is 5.73 Å². The zero-order valence-corrected chi connectivity index (χ0v) is 11.4. The van der Waals surface area contributed by atoms with Gasteiger partial charge in [-0.25, -0.2) is 4.98 Å². The van der Waals surface area contributed by atoms with Crippen molar-refractivity contribution in [2.24, 2.45) is 0 Å². The minimum Gasteiger partial charge on any atom is -0.369 e. The third-order valence-electron chi connectivity index (χ3n) is 3.26. The third kappa shape index (κ3) is 1.86. The highest BCUT2D eigenvalue weighted by Gasteiger charge is 2.15. The summed E-state index contributed by atoms with van der Waals surface area (Å²) in [5, 5.41) is 4.55. The van der Waals surface area contributed by atoms with E-state index in [-0.39, 0.29) is 0 Å². The van der Waals surface area contributed by atoms with Gasteiger partial charge in [0.05, 0.1) is 22.8 Å². The molecule has 0 radical (unpaired) electrons. The number of hydrogen-bond donors (Lipinski definition) is 1. The summed E-state index contributed by atoms with van der Waals surface area (Å²) in [5.74, 6) is 1.23. The summed E-state index contributed by atoms with van der Waals surface area (Å²) in [5.41, 5.74) is 9.49. The van der Waals surface area contributed by atoms with Crippen LogP contribution in [0.15, 0.2) is 22.7 Å². The molecular formula is C13H13ClN4O. The summed E-state index contributed by atoms with van der Waals surface area (Å²) in [7, 11) is 0. The average molecular weight is 277 g/mol. The normalized spacial score (nSPS) is 11.3. The predicted octanol–water partition coefficient (Wildman–Crippen LogP) is 2.93. The average Bonchev–Trinajstić information content (AvgIpc) is 2.86. The van der Waals surface area contributed by atoms with Crippen LogP contribution >= 0.6 is 11.6 Å². The van der Waals surface area contributed by atoms with E-state index in [2.05, 4.69) is 10.1 Å². The summed E-state index contributed by atoms with van der Waals surface area (Å²) in [6.07, 6.45) is 0. The number of aromatic nitrogens is 3. The lowest BCUT2D eigenvalue weighted by Crippen LogP contribution is -2.05. The Morgan fingerprint density at radius 2 is 2.16 bits per heavy atom. The molecule has 19 heavy (non-hydrogen) atoms. The van der Waals surface area contributed by atoms with Gasteiger partial charge in [0.1, 0.15) is 11.3 Å². The molecule has 2 aromatic heterocycles. The summed E-state index contributed by atoms with van der Waals surface area (Å²) >= 11 is 6.12. The highest BCUT2D eigenvalue weighted by Crippen LogP contribution is 2.26. The van der Waals surface area contributed by atoms with E-state index < -0.39 is 0 Å². The lowest BCUT2D eigenvalue weighted by Gasteiger charge is -2.06. The van der Waals surface area contributed by atoms with Gasteiger partial charge in [0.15, 0.2) is 0 Å². The van der Waals surface area contributed by atoms with Crippen LogP contribution < -0.4 is 5.73 Å². The van der Waals surface area contributed by atoms with Crippen molar-refractivity contribution in [3.63, 3.8) is 0 Å². The Morgan fingerprint density at radius 3 is 2.84 bits per heavy atom. The van der Waals surface area contributed by atoms with Gasteiger partial charge in [-0.05, 0) is 26.0 Å². The van der Waals surface area contributed by atoms with Crippen molar-refractivity contribution < 1.29 is 4.52 Å². The molecule has 0 atom stereocenters. The van der Waals surface area contributed by atoms with Gasteiger partial charge in [0.25, 0.3) is 0 Å². The molecule has 5 nitrogen and oxygen atoms in total. The minimum absolute atomic E-state index is 0.433. The van der Waals surface area contributed by atoms with Crippen molar-refractivity contribution in [1.82, 2.24) is 14.7 Å². The number of fused-ring (bicyclic) bond motifs is 1. The van der Waals surface area contributed by atoms with E-state index in [0.29, 0.717) is 23.0 Å². The van der Waals surface area contributed by atoms with Gasteiger partial charge < -0.3 is 14.8 Å². The largest absolute Gasteiger partial charge is 0.369 e. The quantitative estimate of drug-likeness (QED) is 0.781. The van der Waals surface area contributed by atoms with Gasteiger partial charge in [0.2, 0.25) is 5.95 Å². The predicted molar refractivity (Wildman–Crippen MR) is 74.2 cm³/mol. The molecule has 0 fully saturated rings. The molecule has 3 rings (SSSR count). The van der Waals surface area contributed by atoms with Crippen LogP contribution in [0.4, 0.5) is 5.95 Å². The number of para-hydroxylation sites is 1. The van der Waals surface area contributed by atoms with Gasteiger partial charge in [-0.15, -0.1) is 0 Å². The second-order valence-corrected chi connectivity index (χ2v) is 4.87. The van der Waals surface area contributed by atoms with E-state index in [0.717, 1.165) is 22.5 Å². The first-order valence-electron chi connectivity index (χ1n) is 5.90. The van der Waals surface area contributed by atoms with E-state index in [1.165, 1.54) is 0 Å². The SMILES string of the molecule is Cc1noc(C)c1Cn1c(N)nc2c(Cl)cccc21. The van der Waals surface area contributed by atoms with Crippen LogP contribution in [-0.4, -0.2) is 14.7 Å². The highest BCUT2D eigenvalue weighted by atomic mass is 35.5. The molecule has 0 saturated carbocycles. The molecule has 2 N–H and O–H groups in total. The number of halogens is 1. The number of anilines is 1. The number of imidazole rings is 1. The Kier molecular flexibility index (Phi) is 2.71. The van der Waals surface area contributed by atoms with E-state index in [4.69, 9.17) is 21.9 Å². The molecular weight excluding hydrogens is 264 g/mol. The standard InChI is InChI=1S/C13H13ClN4O/c1-7-9(8(2)19-17-7)6-18-11-5-3-4-10(14)12(11)16-13(18)15/h3-5H,6H2,1-2H3,(H2,15,16). The molecule has 6 heteroatoms. The fourth-order valence-corrected chi connectivity index (χ4v) is 2.39. The van der Waals surface area contributed by atoms with Crippen molar-refractivity contribution in [3.8, 4) is 0 Å². The van der Waals surface area contributed by atoms with E-state index in [9.17, 15) is 0 Å². The number of nitrogens with two attached hydrogens (primary N) is 1. The van der Waals surface area contributed by atoms with Crippen molar-refractivity contribution in [1.29, 1.82) is 0 Å². The molecule has 0 unspecified atom stereocenters. The molecule has 2 heterocycles. The van der Waals surface area contributed by atoms with Crippen LogP contribution in [0.25, 0.3) is 11.0 Å². The number of rotatable bonds is 2. The minimum atomic E-state index is 0.433. The molecule has 0 spiro atoms. The molecule has 98 valence electrons. The van der Waals surface area contributed by atoms with Crippen LogP contribution in [0.1, 0.15) is 17.0 Å². The summed E-state index contributed by atoms with van der Waals surface area (Å²) in [6, 6.07) is 5.63. The number of aryl methyl sites for hydroxylation is 2. The summed E-state index contributed by atoms with van der Waals surface area (Å²) < 4.78 is 7.08. The van der Waals surface area contributed by atoms with Crippen LogP contribution in [0.5, 0.6) is 0 Å². The van der Waals surface area contributed by atoms with E-state index in [1.54, 1.807) is 6.07 Å². The van der Waals surface area contributed by atoms with Gasteiger partial charge >= 0.3 is 0 Å².